The van der Waals surface area contributed by atoms with Crippen LogP contribution in [0, 0.1) is 12.7 Å². The summed E-state index contributed by atoms with van der Waals surface area (Å²) < 4.78 is 12.9. The van der Waals surface area contributed by atoms with Crippen molar-refractivity contribution in [3.63, 3.8) is 0 Å². The molecule has 4 nitrogen and oxygen atoms in total. The summed E-state index contributed by atoms with van der Waals surface area (Å²) in [7, 11) is 0. The lowest BCUT2D eigenvalue weighted by Gasteiger charge is -2.14. The highest BCUT2D eigenvalue weighted by atomic mass is 19.1. The van der Waals surface area contributed by atoms with Gasteiger partial charge in [-0.1, -0.05) is 19.1 Å². The lowest BCUT2D eigenvalue weighted by atomic mass is 10.2. The minimum Gasteiger partial charge on any atom is -0.367 e. The van der Waals surface area contributed by atoms with Crippen LogP contribution in [0.25, 0.3) is 0 Å². The Morgan fingerprint density at radius 3 is 2.48 bits per heavy atom. The van der Waals surface area contributed by atoms with Crippen molar-refractivity contribution in [2.24, 2.45) is 0 Å². The van der Waals surface area contributed by atoms with Gasteiger partial charge in [0.1, 0.15) is 23.3 Å². The largest absolute Gasteiger partial charge is 0.367 e. The molecule has 0 aliphatic heterocycles. The van der Waals surface area contributed by atoms with E-state index in [1.807, 2.05) is 13.0 Å². The predicted molar refractivity (Wildman–Crippen MR) is 83.9 cm³/mol. The Kier molecular flexibility index (Phi) is 5.09. The molecule has 0 amide bonds. The molecule has 1 heterocycles. The fraction of sp³-hybridized carbons (Fsp3) is 0.375. The van der Waals surface area contributed by atoms with E-state index < -0.39 is 0 Å². The summed E-state index contributed by atoms with van der Waals surface area (Å²) in [4.78, 5) is 8.74. The molecule has 2 rings (SSSR count). The SMILES string of the molecule is CCC(C)Nc1cc(NCc2ccc(F)cc2)nc(C)n1. The first-order chi connectivity index (χ1) is 10.1. The second kappa shape index (κ2) is 7.02. The van der Waals surface area contributed by atoms with Crippen LogP contribution in [0.1, 0.15) is 31.7 Å². The monoisotopic (exact) mass is 288 g/mol. The molecule has 0 saturated heterocycles. The Balaban J connectivity index is 2.04. The molecule has 2 N–H and O–H groups in total. The van der Waals surface area contributed by atoms with Crippen molar-refractivity contribution < 1.29 is 4.39 Å². The number of halogens is 1. The van der Waals surface area contributed by atoms with Gasteiger partial charge in [-0.3, -0.25) is 0 Å². The molecule has 0 saturated carbocycles. The zero-order valence-electron chi connectivity index (χ0n) is 12.7. The molecule has 1 aromatic carbocycles. The van der Waals surface area contributed by atoms with Gasteiger partial charge in [-0.15, -0.1) is 0 Å². The van der Waals surface area contributed by atoms with Crippen LogP contribution < -0.4 is 10.6 Å². The molecule has 0 aliphatic rings. The Bertz CT molecular complexity index is 583. The normalized spacial score (nSPS) is 12.0. The number of aryl methyl sites for hydroxylation is 1. The Hall–Kier alpha value is -2.17. The summed E-state index contributed by atoms with van der Waals surface area (Å²) in [6, 6.07) is 8.69. The molecule has 1 aromatic heterocycles. The number of benzene rings is 1. The van der Waals surface area contributed by atoms with Crippen LogP contribution >= 0.6 is 0 Å². The van der Waals surface area contributed by atoms with Gasteiger partial charge in [0, 0.05) is 18.7 Å². The van der Waals surface area contributed by atoms with Crippen molar-refractivity contribution >= 4 is 11.6 Å². The maximum Gasteiger partial charge on any atom is 0.132 e. The summed E-state index contributed by atoms with van der Waals surface area (Å²) >= 11 is 0. The summed E-state index contributed by atoms with van der Waals surface area (Å²) in [6.45, 7) is 6.70. The highest BCUT2D eigenvalue weighted by Gasteiger charge is 2.04. The molecule has 0 spiro atoms. The first kappa shape index (κ1) is 15.2. The van der Waals surface area contributed by atoms with Crippen molar-refractivity contribution in [3.8, 4) is 0 Å². The van der Waals surface area contributed by atoms with Gasteiger partial charge in [0.05, 0.1) is 0 Å². The Morgan fingerprint density at radius 2 is 1.81 bits per heavy atom. The maximum absolute atomic E-state index is 12.9. The second-order valence-electron chi connectivity index (χ2n) is 5.12. The summed E-state index contributed by atoms with van der Waals surface area (Å²) in [6.07, 6.45) is 1.03. The third-order valence-corrected chi connectivity index (χ3v) is 3.23. The molecular weight excluding hydrogens is 267 g/mol. The molecule has 5 heteroatoms. The topological polar surface area (TPSA) is 49.8 Å². The van der Waals surface area contributed by atoms with Gasteiger partial charge in [-0.25, -0.2) is 14.4 Å². The van der Waals surface area contributed by atoms with Gasteiger partial charge in [-0.05, 0) is 38.0 Å². The molecule has 0 bridgehead atoms. The molecule has 0 fully saturated rings. The minimum atomic E-state index is -0.225. The number of nitrogens with one attached hydrogen (secondary N) is 2. The molecule has 1 atom stereocenters. The zero-order valence-corrected chi connectivity index (χ0v) is 12.7. The average molecular weight is 288 g/mol. The molecule has 0 radical (unpaired) electrons. The highest BCUT2D eigenvalue weighted by molar-refractivity contribution is 5.48. The maximum atomic E-state index is 12.9. The van der Waals surface area contributed by atoms with E-state index in [9.17, 15) is 4.39 Å². The number of nitrogens with zero attached hydrogens (tertiary/aromatic N) is 2. The molecular formula is C16H21FN4. The van der Waals surface area contributed by atoms with Crippen LogP contribution in [0.5, 0.6) is 0 Å². The molecule has 0 aliphatic carbocycles. The molecule has 112 valence electrons. The van der Waals surface area contributed by atoms with Crippen molar-refractivity contribution in [1.29, 1.82) is 0 Å². The van der Waals surface area contributed by atoms with E-state index in [2.05, 4.69) is 34.4 Å². The number of anilines is 2. The first-order valence-electron chi connectivity index (χ1n) is 7.17. The van der Waals surface area contributed by atoms with Crippen LogP contribution in [0.4, 0.5) is 16.0 Å². The number of rotatable bonds is 6. The van der Waals surface area contributed by atoms with E-state index in [1.165, 1.54) is 12.1 Å². The van der Waals surface area contributed by atoms with Crippen LogP contribution in [0.2, 0.25) is 0 Å². The average Bonchev–Trinajstić information content (AvgIpc) is 2.46. The van der Waals surface area contributed by atoms with Gasteiger partial charge in [0.15, 0.2) is 0 Å². The van der Waals surface area contributed by atoms with Crippen molar-refractivity contribution in [3.05, 3.63) is 47.5 Å². The zero-order chi connectivity index (χ0) is 15.2. The van der Waals surface area contributed by atoms with Gasteiger partial charge in [0.25, 0.3) is 0 Å². The Morgan fingerprint density at radius 1 is 1.14 bits per heavy atom. The van der Waals surface area contributed by atoms with E-state index in [-0.39, 0.29) is 5.82 Å². The van der Waals surface area contributed by atoms with Gasteiger partial charge in [0.2, 0.25) is 0 Å². The van der Waals surface area contributed by atoms with Crippen molar-refractivity contribution in [1.82, 2.24) is 9.97 Å². The van der Waals surface area contributed by atoms with Crippen LogP contribution in [0.15, 0.2) is 30.3 Å². The van der Waals surface area contributed by atoms with Crippen LogP contribution in [0.3, 0.4) is 0 Å². The number of hydrogen-bond acceptors (Lipinski definition) is 4. The van der Waals surface area contributed by atoms with Crippen LogP contribution in [-0.4, -0.2) is 16.0 Å². The van der Waals surface area contributed by atoms with Gasteiger partial charge >= 0.3 is 0 Å². The van der Waals surface area contributed by atoms with Gasteiger partial charge in [-0.2, -0.15) is 0 Å². The van der Waals surface area contributed by atoms with Crippen LogP contribution in [-0.2, 0) is 6.54 Å². The summed E-state index contributed by atoms with van der Waals surface area (Å²) in [5.41, 5.74) is 1.00. The predicted octanol–water partition coefficient (Wildman–Crippen LogP) is 3.75. The summed E-state index contributed by atoms with van der Waals surface area (Å²) in [5.74, 6) is 2.07. The molecule has 2 aromatic rings. The minimum absolute atomic E-state index is 0.225. The molecule has 1 unspecified atom stereocenters. The standard InChI is InChI=1S/C16H21FN4/c1-4-11(2)19-16-9-15(20-12(3)21-16)18-10-13-5-7-14(17)8-6-13/h5-9,11H,4,10H2,1-3H3,(H2,18,19,20,21). The molecule has 21 heavy (non-hydrogen) atoms. The van der Waals surface area contributed by atoms with E-state index in [0.717, 1.165) is 23.6 Å². The number of hydrogen-bond donors (Lipinski definition) is 2. The third kappa shape index (κ3) is 4.70. The number of aromatic nitrogens is 2. The second-order valence-corrected chi connectivity index (χ2v) is 5.12. The van der Waals surface area contributed by atoms with E-state index in [4.69, 9.17) is 0 Å². The smallest absolute Gasteiger partial charge is 0.132 e. The fourth-order valence-corrected chi connectivity index (χ4v) is 1.88. The summed E-state index contributed by atoms with van der Waals surface area (Å²) in [5, 5.41) is 6.58. The van der Waals surface area contributed by atoms with Gasteiger partial charge < -0.3 is 10.6 Å². The highest BCUT2D eigenvalue weighted by Crippen LogP contribution is 2.14. The Labute approximate surface area is 124 Å². The fourth-order valence-electron chi connectivity index (χ4n) is 1.88. The lowest BCUT2D eigenvalue weighted by Crippen LogP contribution is -2.15. The van der Waals surface area contributed by atoms with E-state index >= 15 is 0 Å². The quantitative estimate of drug-likeness (QED) is 0.850. The lowest BCUT2D eigenvalue weighted by molar-refractivity contribution is 0.627. The first-order valence-corrected chi connectivity index (χ1v) is 7.17. The van der Waals surface area contributed by atoms with Crippen molar-refractivity contribution in [2.75, 3.05) is 10.6 Å². The van der Waals surface area contributed by atoms with Crippen molar-refractivity contribution in [2.45, 2.75) is 39.8 Å². The van der Waals surface area contributed by atoms with E-state index in [0.29, 0.717) is 18.4 Å². The van der Waals surface area contributed by atoms with E-state index in [1.54, 1.807) is 12.1 Å². The third-order valence-electron chi connectivity index (χ3n) is 3.23.